The number of aliphatic hydroxyl groups excluding tert-OH is 1. The van der Waals surface area contributed by atoms with Gasteiger partial charge in [0.05, 0.1) is 36.9 Å². The lowest BCUT2D eigenvalue weighted by Gasteiger charge is -2.14. The van der Waals surface area contributed by atoms with Gasteiger partial charge in [-0.2, -0.15) is 0 Å². The average molecular weight is 310 g/mol. The number of nitrogens with zero attached hydrogens (tertiary/aromatic N) is 2. The van der Waals surface area contributed by atoms with Gasteiger partial charge in [-0.15, -0.1) is 0 Å². The van der Waals surface area contributed by atoms with E-state index in [1.807, 2.05) is 54.6 Å². The van der Waals surface area contributed by atoms with Crippen molar-refractivity contribution in [3.05, 3.63) is 66.0 Å². The summed E-state index contributed by atoms with van der Waals surface area (Å²) >= 11 is 0. The fourth-order valence-corrected chi connectivity index (χ4v) is 2.75. The van der Waals surface area contributed by atoms with E-state index in [2.05, 4.69) is 16.5 Å². The van der Waals surface area contributed by atoms with Gasteiger partial charge in [0.25, 0.3) is 0 Å². The van der Waals surface area contributed by atoms with Gasteiger partial charge in [-0.05, 0) is 17.7 Å². The molecule has 1 N–H and O–H groups in total. The Kier molecular flexibility index (Phi) is 5.05. The average Bonchev–Trinajstić information content (AvgIpc) is 2.94. The molecule has 0 spiro atoms. The lowest BCUT2D eigenvalue weighted by Crippen LogP contribution is -2.23. The van der Waals surface area contributed by atoms with Crippen molar-refractivity contribution in [2.24, 2.45) is 0 Å². The Morgan fingerprint density at radius 3 is 2.61 bits per heavy atom. The van der Waals surface area contributed by atoms with E-state index in [-0.39, 0.29) is 0 Å². The number of aliphatic hydroxyl groups is 1. The zero-order chi connectivity index (χ0) is 16.1. The Morgan fingerprint density at radius 1 is 1.09 bits per heavy atom. The van der Waals surface area contributed by atoms with Crippen LogP contribution in [0.15, 0.2) is 54.6 Å². The van der Waals surface area contributed by atoms with Gasteiger partial charge >= 0.3 is 0 Å². The van der Waals surface area contributed by atoms with Gasteiger partial charge in [-0.25, -0.2) is 4.98 Å². The minimum absolute atomic E-state index is 0.310. The highest BCUT2D eigenvalue weighted by Crippen LogP contribution is 2.17. The van der Waals surface area contributed by atoms with Crippen molar-refractivity contribution in [2.45, 2.75) is 32.6 Å². The second-order valence-electron chi connectivity index (χ2n) is 5.64. The molecule has 0 unspecified atom stereocenters. The summed E-state index contributed by atoms with van der Waals surface area (Å²) in [6.45, 7) is 3.41. The zero-order valence-electron chi connectivity index (χ0n) is 13.4. The molecule has 0 aliphatic heterocycles. The molecule has 0 fully saturated rings. The molecule has 0 aliphatic rings. The van der Waals surface area contributed by atoms with Gasteiger partial charge in [-0.3, -0.25) is 0 Å². The number of hydrogen-bond donors (Lipinski definition) is 1. The van der Waals surface area contributed by atoms with Gasteiger partial charge in [0, 0.05) is 6.42 Å². The number of benzene rings is 2. The van der Waals surface area contributed by atoms with Gasteiger partial charge in [0.1, 0.15) is 5.82 Å². The number of para-hydroxylation sites is 2. The van der Waals surface area contributed by atoms with E-state index >= 15 is 0 Å². The number of ether oxygens (including phenoxy) is 1. The van der Waals surface area contributed by atoms with Crippen molar-refractivity contribution in [1.29, 1.82) is 0 Å². The molecule has 0 bridgehead atoms. The minimum atomic E-state index is -0.554. The SMILES string of the molecule is CCc1nc2ccccc2n1C[C@@H](O)COCc1ccccc1. The van der Waals surface area contributed by atoms with Crippen molar-refractivity contribution < 1.29 is 9.84 Å². The van der Waals surface area contributed by atoms with E-state index < -0.39 is 6.10 Å². The Hall–Kier alpha value is -2.17. The Labute approximate surface area is 136 Å². The van der Waals surface area contributed by atoms with Crippen LogP contribution in [0.4, 0.5) is 0 Å². The Morgan fingerprint density at radius 2 is 1.83 bits per heavy atom. The molecule has 1 heterocycles. The third-order valence-corrected chi connectivity index (χ3v) is 3.86. The van der Waals surface area contributed by atoms with Crippen molar-refractivity contribution in [3.8, 4) is 0 Å². The van der Waals surface area contributed by atoms with Gasteiger partial charge in [0.15, 0.2) is 0 Å². The molecule has 3 aromatic rings. The van der Waals surface area contributed by atoms with Crippen LogP contribution in [0.1, 0.15) is 18.3 Å². The molecule has 120 valence electrons. The van der Waals surface area contributed by atoms with Crippen LogP contribution >= 0.6 is 0 Å². The minimum Gasteiger partial charge on any atom is -0.389 e. The number of rotatable bonds is 7. The number of imidazole rings is 1. The highest BCUT2D eigenvalue weighted by atomic mass is 16.5. The number of fused-ring (bicyclic) bond motifs is 1. The predicted molar refractivity (Wildman–Crippen MR) is 91.2 cm³/mol. The molecule has 0 aliphatic carbocycles. The molecule has 0 amide bonds. The molecular weight excluding hydrogens is 288 g/mol. The standard InChI is InChI=1S/C19H22N2O2/c1-2-19-20-17-10-6-7-11-18(17)21(19)12-16(22)14-23-13-15-8-4-3-5-9-15/h3-11,16,22H,2,12-14H2,1H3/t16-/m1/s1. The summed E-state index contributed by atoms with van der Waals surface area (Å²) in [5.74, 6) is 0.994. The second-order valence-corrected chi connectivity index (χ2v) is 5.64. The Balaban J connectivity index is 1.62. The fraction of sp³-hybridized carbons (Fsp3) is 0.316. The van der Waals surface area contributed by atoms with Gasteiger partial charge in [-0.1, -0.05) is 49.4 Å². The quantitative estimate of drug-likeness (QED) is 0.729. The molecule has 0 radical (unpaired) electrons. The first-order valence-corrected chi connectivity index (χ1v) is 8.01. The summed E-state index contributed by atoms with van der Waals surface area (Å²) in [5.41, 5.74) is 3.15. The highest BCUT2D eigenvalue weighted by Gasteiger charge is 2.13. The first kappa shape index (κ1) is 15.7. The van der Waals surface area contributed by atoms with Crippen LogP contribution < -0.4 is 0 Å². The van der Waals surface area contributed by atoms with E-state index in [0.717, 1.165) is 28.8 Å². The first-order valence-electron chi connectivity index (χ1n) is 8.01. The molecule has 0 saturated carbocycles. The van der Waals surface area contributed by atoms with E-state index in [4.69, 9.17) is 4.74 Å². The molecule has 4 nitrogen and oxygen atoms in total. The molecular formula is C19H22N2O2. The van der Waals surface area contributed by atoms with Crippen molar-refractivity contribution in [3.63, 3.8) is 0 Å². The van der Waals surface area contributed by atoms with Crippen LogP contribution in [-0.2, 0) is 24.3 Å². The first-order chi connectivity index (χ1) is 11.3. The van der Waals surface area contributed by atoms with Gasteiger partial charge < -0.3 is 14.4 Å². The summed E-state index contributed by atoms with van der Waals surface area (Å²) in [6.07, 6.45) is 0.285. The van der Waals surface area contributed by atoms with Crippen LogP contribution in [-0.4, -0.2) is 27.4 Å². The Bertz CT molecular complexity index is 752. The molecule has 0 saturated heterocycles. The summed E-state index contributed by atoms with van der Waals surface area (Å²) in [5, 5.41) is 10.3. The molecule has 1 aromatic heterocycles. The number of aromatic nitrogens is 2. The van der Waals surface area contributed by atoms with Crippen molar-refractivity contribution in [2.75, 3.05) is 6.61 Å². The maximum atomic E-state index is 10.3. The third-order valence-electron chi connectivity index (χ3n) is 3.86. The van der Waals surface area contributed by atoms with E-state index in [9.17, 15) is 5.11 Å². The zero-order valence-corrected chi connectivity index (χ0v) is 13.4. The second kappa shape index (κ2) is 7.40. The maximum Gasteiger partial charge on any atom is 0.109 e. The maximum absolute atomic E-state index is 10.3. The fourth-order valence-electron chi connectivity index (χ4n) is 2.75. The normalized spacial score (nSPS) is 12.6. The summed E-state index contributed by atoms with van der Waals surface area (Å²) in [4.78, 5) is 4.62. The monoisotopic (exact) mass is 310 g/mol. The summed E-state index contributed by atoms with van der Waals surface area (Å²) in [6, 6.07) is 18.0. The van der Waals surface area contributed by atoms with Crippen LogP contribution in [0.25, 0.3) is 11.0 Å². The smallest absolute Gasteiger partial charge is 0.109 e. The largest absolute Gasteiger partial charge is 0.389 e. The lowest BCUT2D eigenvalue weighted by molar-refractivity contribution is 0.0205. The van der Waals surface area contributed by atoms with Gasteiger partial charge in [0.2, 0.25) is 0 Å². The topological polar surface area (TPSA) is 47.3 Å². The predicted octanol–water partition coefficient (Wildman–Crippen LogP) is 3.18. The number of aryl methyl sites for hydroxylation is 1. The van der Waals surface area contributed by atoms with Crippen LogP contribution in [0.2, 0.25) is 0 Å². The molecule has 3 rings (SSSR count). The lowest BCUT2D eigenvalue weighted by atomic mass is 10.2. The van der Waals surface area contributed by atoms with Crippen molar-refractivity contribution >= 4 is 11.0 Å². The van der Waals surface area contributed by atoms with Crippen LogP contribution in [0.5, 0.6) is 0 Å². The highest BCUT2D eigenvalue weighted by molar-refractivity contribution is 5.75. The van der Waals surface area contributed by atoms with E-state index in [1.165, 1.54) is 0 Å². The molecule has 1 atom stereocenters. The summed E-state index contributed by atoms with van der Waals surface area (Å²) in [7, 11) is 0. The molecule has 2 aromatic carbocycles. The van der Waals surface area contributed by atoms with Crippen LogP contribution in [0, 0.1) is 0 Å². The van der Waals surface area contributed by atoms with Crippen molar-refractivity contribution in [1.82, 2.24) is 9.55 Å². The molecule has 23 heavy (non-hydrogen) atoms. The number of hydrogen-bond acceptors (Lipinski definition) is 3. The van der Waals surface area contributed by atoms with Crippen LogP contribution in [0.3, 0.4) is 0 Å². The third kappa shape index (κ3) is 3.78. The van der Waals surface area contributed by atoms with E-state index in [1.54, 1.807) is 0 Å². The molecule has 4 heteroatoms. The van der Waals surface area contributed by atoms with E-state index in [0.29, 0.717) is 19.8 Å². The summed E-state index contributed by atoms with van der Waals surface area (Å²) < 4.78 is 7.72.